The van der Waals surface area contributed by atoms with Crippen LogP contribution in [0.15, 0.2) is 59.6 Å². The number of thiol groups is 1. The van der Waals surface area contributed by atoms with Gasteiger partial charge in [-0.05, 0) is 36.6 Å². The van der Waals surface area contributed by atoms with Gasteiger partial charge in [0.05, 0.1) is 12.5 Å². The molecule has 1 heterocycles. The van der Waals surface area contributed by atoms with Crippen molar-refractivity contribution in [3.63, 3.8) is 0 Å². The summed E-state index contributed by atoms with van der Waals surface area (Å²) in [5.74, 6) is -0.135. The van der Waals surface area contributed by atoms with Gasteiger partial charge in [-0.15, -0.1) is 12.6 Å². The third kappa shape index (κ3) is 4.24. The molecule has 3 nitrogen and oxygen atoms in total. The highest BCUT2D eigenvalue weighted by Crippen LogP contribution is 2.15. The fourth-order valence-corrected chi connectivity index (χ4v) is 2.09. The molecule has 0 aliphatic rings. The minimum Gasteiger partial charge on any atom is -0.361 e. The van der Waals surface area contributed by atoms with Gasteiger partial charge in [-0.2, -0.15) is 5.26 Å². The molecule has 0 saturated heterocycles. The summed E-state index contributed by atoms with van der Waals surface area (Å²) in [6.45, 7) is 2.06. The van der Waals surface area contributed by atoms with Crippen LogP contribution in [0.25, 0.3) is 10.9 Å². The monoisotopic (exact) mass is 308 g/mol. The van der Waals surface area contributed by atoms with Crippen LogP contribution in [-0.4, -0.2) is 10.8 Å². The Labute approximate surface area is 135 Å². The normalized spacial score (nSPS) is 9.68. The molecule has 0 aliphatic carbocycles. The first-order valence-electron chi connectivity index (χ1n) is 6.83. The molecule has 0 radical (unpaired) electrons. The third-order valence-corrected chi connectivity index (χ3v) is 3.45. The zero-order chi connectivity index (χ0) is 15.9. The van der Waals surface area contributed by atoms with E-state index in [1.807, 2.05) is 48.7 Å². The Morgan fingerprint density at radius 2 is 1.91 bits per heavy atom. The Bertz CT molecular complexity index is 792. The highest BCUT2D eigenvalue weighted by atomic mass is 32.1. The zero-order valence-electron chi connectivity index (χ0n) is 12.2. The van der Waals surface area contributed by atoms with Gasteiger partial charge in [0, 0.05) is 22.2 Å². The zero-order valence-corrected chi connectivity index (χ0v) is 13.1. The molecular weight excluding hydrogens is 292 g/mol. The van der Waals surface area contributed by atoms with Crippen LogP contribution in [-0.2, 0) is 0 Å². The topological polar surface area (TPSA) is 56.6 Å². The number of rotatable bonds is 2. The molecule has 0 spiro atoms. The number of aryl methyl sites for hydroxylation is 1. The highest BCUT2D eigenvalue weighted by Gasteiger charge is 2.05. The molecule has 4 heteroatoms. The van der Waals surface area contributed by atoms with Crippen LogP contribution in [0.4, 0.5) is 0 Å². The smallest absolute Gasteiger partial charge is 0.176 e. The van der Waals surface area contributed by atoms with Crippen LogP contribution in [0.3, 0.4) is 0 Å². The van der Waals surface area contributed by atoms with Crippen molar-refractivity contribution in [1.82, 2.24) is 4.98 Å². The van der Waals surface area contributed by atoms with Crippen molar-refractivity contribution >= 4 is 29.3 Å². The van der Waals surface area contributed by atoms with Crippen LogP contribution < -0.4 is 0 Å². The number of benzene rings is 2. The van der Waals surface area contributed by atoms with Crippen LogP contribution >= 0.6 is 12.6 Å². The molecule has 22 heavy (non-hydrogen) atoms. The van der Waals surface area contributed by atoms with Crippen molar-refractivity contribution in [2.75, 3.05) is 0 Å². The summed E-state index contributed by atoms with van der Waals surface area (Å²) >= 11 is 4.13. The maximum absolute atomic E-state index is 11.4. The molecule has 3 aromatic rings. The van der Waals surface area contributed by atoms with Gasteiger partial charge in [0.1, 0.15) is 0 Å². The number of H-pyrrole nitrogens is 1. The molecule has 0 atom stereocenters. The quantitative estimate of drug-likeness (QED) is 0.539. The van der Waals surface area contributed by atoms with E-state index in [1.54, 1.807) is 12.1 Å². The number of carbonyl (C=O) groups excluding carboxylic acids is 1. The van der Waals surface area contributed by atoms with Crippen LogP contribution in [0.2, 0.25) is 0 Å². The number of aromatic amines is 1. The second-order valence-corrected chi connectivity index (χ2v) is 5.39. The van der Waals surface area contributed by atoms with Crippen molar-refractivity contribution in [2.24, 2.45) is 0 Å². The number of nitriles is 1. The first-order chi connectivity index (χ1) is 10.6. The number of fused-ring (bicyclic) bond motifs is 1. The van der Waals surface area contributed by atoms with E-state index >= 15 is 0 Å². The summed E-state index contributed by atoms with van der Waals surface area (Å²) in [6, 6.07) is 17.2. The van der Waals surface area contributed by atoms with Crippen molar-refractivity contribution in [2.45, 2.75) is 18.2 Å². The molecule has 2 aromatic carbocycles. The number of nitrogens with zero attached hydrogens (tertiary/aromatic N) is 1. The van der Waals surface area contributed by atoms with Gasteiger partial charge in [-0.3, -0.25) is 4.79 Å². The number of aromatic nitrogens is 1. The van der Waals surface area contributed by atoms with Gasteiger partial charge in [-0.1, -0.05) is 29.8 Å². The lowest BCUT2D eigenvalue weighted by atomic mass is 10.1. The summed E-state index contributed by atoms with van der Waals surface area (Å²) in [4.78, 5) is 15.4. The van der Waals surface area contributed by atoms with E-state index in [4.69, 9.17) is 5.26 Å². The van der Waals surface area contributed by atoms with E-state index in [0.717, 1.165) is 15.8 Å². The van der Waals surface area contributed by atoms with Crippen molar-refractivity contribution < 1.29 is 4.79 Å². The third-order valence-electron chi connectivity index (χ3n) is 3.15. The van der Waals surface area contributed by atoms with Crippen LogP contribution in [0.5, 0.6) is 0 Å². The highest BCUT2D eigenvalue weighted by molar-refractivity contribution is 7.80. The first kappa shape index (κ1) is 15.9. The fraction of sp³-hybridized carbons (Fsp3) is 0.111. The second kappa shape index (κ2) is 7.48. The number of Topliss-reactive ketones (excluding diaryl/α,β-unsaturated/α-hetero) is 1. The standard InChI is InChI=1S/C11H8N2O.C7H8S/c12-5-3-11(14)9-2-1-8-4-6-13-10(8)7-9;1-6-2-4-7(8)5-3-6/h1-2,4,6-7,13H,3H2;2-5,8H,1H3. The summed E-state index contributed by atoms with van der Waals surface area (Å²) in [5, 5.41) is 9.46. The fourth-order valence-electron chi connectivity index (χ4n) is 1.94. The largest absolute Gasteiger partial charge is 0.361 e. The number of hydrogen-bond acceptors (Lipinski definition) is 3. The predicted molar refractivity (Wildman–Crippen MR) is 91.3 cm³/mol. The lowest BCUT2D eigenvalue weighted by molar-refractivity contribution is 0.0998. The Hall–Kier alpha value is -2.51. The van der Waals surface area contributed by atoms with Crippen molar-refractivity contribution in [3.05, 3.63) is 65.9 Å². The molecule has 1 N–H and O–H groups in total. The summed E-state index contributed by atoms with van der Waals surface area (Å²) in [7, 11) is 0. The minimum atomic E-state index is -0.135. The maximum atomic E-state index is 11.4. The van der Waals surface area contributed by atoms with E-state index in [9.17, 15) is 4.79 Å². The number of nitrogens with one attached hydrogen (secondary N) is 1. The molecule has 0 aliphatic heterocycles. The molecule has 0 saturated carbocycles. The number of carbonyl (C=O) groups is 1. The molecule has 1 aromatic heterocycles. The minimum absolute atomic E-state index is 0.0633. The number of ketones is 1. The predicted octanol–water partition coefficient (Wildman–Crippen LogP) is 4.55. The molecule has 110 valence electrons. The van der Waals surface area contributed by atoms with Crippen LogP contribution in [0.1, 0.15) is 22.3 Å². The Kier molecular flexibility index (Phi) is 5.40. The molecule has 0 fully saturated rings. The average Bonchev–Trinajstić information content (AvgIpc) is 2.98. The van der Waals surface area contributed by atoms with Crippen molar-refractivity contribution in [1.29, 1.82) is 5.26 Å². The van der Waals surface area contributed by atoms with Gasteiger partial charge < -0.3 is 4.98 Å². The first-order valence-corrected chi connectivity index (χ1v) is 7.28. The maximum Gasteiger partial charge on any atom is 0.176 e. The summed E-state index contributed by atoms with van der Waals surface area (Å²) in [5.41, 5.74) is 2.79. The van der Waals surface area contributed by atoms with Gasteiger partial charge >= 0.3 is 0 Å². The Morgan fingerprint density at radius 3 is 2.55 bits per heavy atom. The van der Waals surface area contributed by atoms with Gasteiger partial charge in [-0.25, -0.2) is 0 Å². The SMILES string of the molecule is Cc1ccc(S)cc1.N#CCC(=O)c1ccc2cc[nH]c2c1. The summed E-state index contributed by atoms with van der Waals surface area (Å²) < 4.78 is 0. The molecule has 0 bridgehead atoms. The van der Waals surface area contributed by atoms with Gasteiger partial charge in [0.2, 0.25) is 0 Å². The van der Waals surface area contributed by atoms with E-state index in [2.05, 4.69) is 24.5 Å². The molecule has 3 rings (SSSR count). The second-order valence-electron chi connectivity index (χ2n) is 4.87. The Balaban J connectivity index is 0.000000188. The molecular formula is C18H16N2OS. The Morgan fingerprint density at radius 1 is 1.18 bits per heavy atom. The van der Waals surface area contributed by atoms with Gasteiger partial charge in [0.25, 0.3) is 0 Å². The van der Waals surface area contributed by atoms with Gasteiger partial charge in [0.15, 0.2) is 5.78 Å². The van der Waals surface area contributed by atoms with E-state index in [1.165, 1.54) is 5.56 Å². The average molecular weight is 308 g/mol. The lowest BCUT2D eigenvalue weighted by Gasteiger charge is -1.96. The molecule has 0 amide bonds. The van der Waals surface area contributed by atoms with E-state index < -0.39 is 0 Å². The van der Waals surface area contributed by atoms with Crippen LogP contribution in [0, 0.1) is 18.3 Å². The van der Waals surface area contributed by atoms with Crippen molar-refractivity contribution in [3.8, 4) is 6.07 Å². The summed E-state index contributed by atoms with van der Waals surface area (Å²) in [6.07, 6.45) is 1.76. The van der Waals surface area contributed by atoms with E-state index in [-0.39, 0.29) is 12.2 Å². The van der Waals surface area contributed by atoms with E-state index in [0.29, 0.717) is 5.56 Å². The number of hydrogen-bond donors (Lipinski definition) is 2. The lowest BCUT2D eigenvalue weighted by Crippen LogP contribution is -1.96. The molecule has 0 unspecified atom stereocenters.